The van der Waals surface area contributed by atoms with Gasteiger partial charge in [0.1, 0.15) is 0 Å². The molecule has 0 spiro atoms. The quantitative estimate of drug-likeness (QED) is 0.866. The first-order valence-electron chi connectivity index (χ1n) is 5.68. The molecule has 0 saturated carbocycles. The normalized spacial score (nSPS) is 13.2. The maximum Gasteiger partial charge on any atom is 0.490 e. The van der Waals surface area contributed by atoms with Crippen LogP contribution in [0.15, 0.2) is 35.4 Å². The van der Waals surface area contributed by atoms with Gasteiger partial charge in [-0.3, -0.25) is 0 Å². The Morgan fingerprint density at radius 3 is 2.10 bits per heavy atom. The molecule has 1 aromatic carbocycles. The number of alkyl halides is 3. The first kappa shape index (κ1) is 19.8. The summed E-state index contributed by atoms with van der Waals surface area (Å²) in [6.07, 6.45) is -5.08. The third kappa shape index (κ3) is 7.36. The lowest BCUT2D eigenvalue weighted by atomic mass is 9.94. The van der Waals surface area contributed by atoms with Crippen LogP contribution in [0.3, 0.4) is 0 Å². The van der Waals surface area contributed by atoms with Crippen LogP contribution in [0, 0.1) is 0 Å². The number of rotatable bonds is 3. The van der Waals surface area contributed by atoms with Crippen molar-refractivity contribution in [3.05, 3.63) is 46.0 Å². The van der Waals surface area contributed by atoms with E-state index in [1.54, 1.807) is 5.54 Å². The van der Waals surface area contributed by atoms with E-state index in [9.17, 15) is 13.2 Å². The molecule has 0 heterocycles. The van der Waals surface area contributed by atoms with Gasteiger partial charge in [-0.2, -0.15) is 13.2 Å². The lowest BCUT2D eigenvalue weighted by molar-refractivity contribution is -0.192. The van der Waals surface area contributed by atoms with Crippen LogP contribution in [-0.4, -0.2) is 23.8 Å². The number of carboxylic acid groups (broad SMARTS) is 1. The third-order valence-corrected chi connectivity index (χ3v) is 3.08. The summed E-state index contributed by atoms with van der Waals surface area (Å²) in [6.45, 7) is 2.55. The second-order valence-corrected chi connectivity index (χ2v) is 4.62. The van der Waals surface area contributed by atoms with Gasteiger partial charge in [-0.25, -0.2) is 4.79 Å². The summed E-state index contributed by atoms with van der Waals surface area (Å²) in [7, 11) is 0. The number of carboxylic acids is 1. The zero-order valence-electron chi connectivity index (χ0n) is 11.0. The van der Waals surface area contributed by atoms with Crippen LogP contribution in [0.1, 0.15) is 18.4 Å². The third-order valence-electron chi connectivity index (χ3n) is 2.54. The van der Waals surface area contributed by atoms with Crippen molar-refractivity contribution in [3.8, 4) is 0 Å². The van der Waals surface area contributed by atoms with Gasteiger partial charge in [-0.15, -0.1) is 0 Å². The molecule has 21 heavy (non-hydrogen) atoms. The average Bonchev–Trinajstić information content (AvgIpc) is 2.40. The van der Waals surface area contributed by atoms with Crippen LogP contribution in [0.2, 0.25) is 5.02 Å². The Bertz CT molecular complexity index is 487. The molecule has 0 aliphatic heterocycles. The molecule has 0 bridgehead atoms. The van der Waals surface area contributed by atoms with E-state index in [-0.39, 0.29) is 5.92 Å². The molecular weight excluding hydrogens is 330 g/mol. The highest BCUT2D eigenvalue weighted by Crippen LogP contribution is 2.24. The highest BCUT2D eigenvalue weighted by atomic mass is 35.5. The van der Waals surface area contributed by atoms with E-state index < -0.39 is 12.1 Å². The molecule has 1 aromatic rings. The summed E-state index contributed by atoms with van der Waals surface area (Å²) in [5.41, 5.74) is 9.32. The standard InChI is InChI=1S/C11H13Cl2N.C2HF3O2/c1-8(10(6-12)7-14)9-2-4-11(13)5-3-9;3-2(4,5)1(6)7/h2-6,8H,7,14H2,1H3;(H,6,7)/b10-6-;. The predicted molar refractivity (Wildman–Crippen MR) is 76.5 cm³/mol. The van der Waals surface area contributed by atoms with Crippen molar-refractivity contribution < 1.29 is 23.1 Å². The fourth-order valence-corrected chi connectivity index (χ4v) is 1.69. The number of aliphatic carboxylic acids is 1. The molecule has 0 fully saturated rings. The maximum absolute atomic E-state index is 10.6. The molecule has 0 aliphatic rings. The van der Waals surface area contributed by atoms with E-state index in [1.807, 2.05) is 24.3 Å². The number of hydrogen-bond acceptors (Lipinski definition) is 2. The molecule has 0 radical (unpaired) electrons. The Morgan fingerprint density at radius 1 is 1.38 bits per heavy atom. The second-order valence-electron chi connectivity index (χ2n) is 3.96. The van der Waals surface area contributed by atoms with Crippen LogP contribution < -0.4 is 5.73 Å². The molecule has 1 unspecified atom stereocenters. The Balaban J connectivity index is 0.000000486. The van der Waals surface area contributed by atoms with Crippen LogP contribution in [-0.2, 0) is 4.79 Å². The van der Waals surface area contributed by atoms with Gasteiger partial charge in [0.25, 0.3) is 0 Å². The lowest BCUT2D eigenvalue weighted by Crippen LogP contribution is -2.21. The van der Waals surface area contributed by atoms with E-state index in [0.29, 0.717) is 6.54 Å². The van der Waals surface area contributed by atoms with Crippen molar-refractivity contribution in [1.82, 2.24) is 0 Å². The summed E-state index contributed by atoms with van der Waals surface area (Å²) >= 11 is 11.5. The fourth-order valence-electron chi connectivity index (χ4n) is 1.28. The summed E-state index contributed by atoms with van der Waals surface area (Å²) in [5, 5.41) is 7.87. The summed E-state index contributed by atoms with van der Waals surface area (Å²) in [6, 6.07) is 7.72. The molecule has 0 aliphatic carbocycles. The maximum atomic E-state index is 10.6. The van der Waals surface area contributed by atoms with Gasteiger partial charge in [0.15, 0.2) is 0 Å². The minimum Gasteiger partial charge on any atom is -0.475 e. The predicted octanol–water partition coefficient (Wildman–Crippen LogP) is 4.16. The van der Waals surface area contributed by atoms with E-state index in [2.05, 4.69) is 6.92 Å². The monoisotopic (exact) mass is 343 g/mol. The molecule has 0 amide bonds. The zero-order valence-corrected chi connectivity index (χ0v) is 12.5. The van der Waals surface area contributed by atoms with Crippen LogP contribution in [0.25, 0.3) is 0 Å². The summed E-state index contributed by atoms with van der Waals surface area (Å²) < 4.78 is 31.7. The van der Waals surface area contributed by atoms with Gasteiger partial charge in [-0.1, -0.05) is 42.3 Å². The van der Waals surface area contributed by atoms with Crippen molar-refractivity contribution >= 4 is 29.2 Å². The van der Waals surface area contributed by atoms with Gasteiger partial charge in [-0.05, 0) is 23.3 Å². The number of nitrogens with two attached hydrogens (primary N) is 1. The van der Waals surface area contributed by atoms with Gasteiger partial charge >= 0.3 is 12.1 Å². The molecule has 1 rings (SSSR count). The van der Waals surface area contributed by atoms with E-state index in [0.717, 1.165) is 10.6 Å². The van der Waals surface area contributed by atoms with Crippen LogP contribution in [0.5, 0.6) is 0 Å². The number of hydrogen-bond donors (Lipinski definition) is 2. The number of benzene rings is 1. The van der Waals surface area contributed by atoms with Crippen molar-refractivity contribution in [1.29, 1.82) is 0 Å². The highest BCUT2D eigenvalue weighted by molar-refractivity contribution is 6.30. The lowest BCUT2D eigenvalue weighted by Gasteiger charge is -2.13. The van der Waals surface area contributed by atoms with Gasteiger partial charge < -0.3 is 10.8 Å². The molecule has 0 aromatic heterocycles. The van der Waals surface area contributed by atoms with Crippen molar-refractivity contribution in [2.24, 2.45) is 5.73 Å². The van der Waals surface area contributed by atoms with Crippen LogP contribution in [0.4, 0.5) is 13.2 Å². The summed E-state index contributed by atoms with van der Waals surface area (Å²) in [5.74, 6) is -2.51. The molecular formula is C13H14Cl2F3NO2. The van der Waals surface area contributed by atoms with Crippen molar-refractivity contribution in [2.75, 3.05) is 6.54 Å². The Hall–Kier alpha value is -1.24. The molecule has 0 saturated heterocycles. The Morgan fingerprint density at radius 2 is 1.81 bits per heavy atom. The van der Waals surface area contributed by atoms with E-state index in [1.165, 1.54) is 5.56 Å². The van der Waals surface area contributed by atoms with Crippen molar-refractivity contribution in [3.63, 3.8) is 0 Å². The van der Waals surface area contributed by atoms with E-state index >= 15 is 0 Å². The number of carbonyl (C=O) groups is 1. The summed E-state index contributed by atoms with van der Waals surface area (Å²) in [4.78, 5) is 8.90. The van der Waals surface area contributed by atoms with Crippen LogP contribution >= 0.6 is 23.2 Å². The topological polar surface area (TPSA) is 63.3 Å². The average molecular weight is 344 g/mol. The first-order chi connectivity index (χ1) is 9.63. The minimum atomic E-state index is -5.08. The Kier molecular flexibility index (Phi) is 8.39. The molecule has 3 N–H and O–H groups in total. The largest absolute Gasteiger partial charge is 0.490 e. The smallest absolute Gasteiger partial charge is 0.475 e. The SMILES string of the molecule is CC(/C(=C\Cl)CN)c1ccc(Cl)cc1.O=C(O)C(F)(F)F. The first-order valence-corrected chi connectivity index (χ1v) is 6.49. The van der Waals surface area contributed by atoms with Gasteiger partial charge in [0, 0.05) is 23.0 Å². The van der Waals surface area contributed by atoms with Crippen molar-refractivity contribution in [2.45, 2.75) is 19.0 Å². The second kappa shape index (κ2) is 8.92. The Labute approximate surface area is 130 Å². The van der Waals surface area contributed by atoms with Gasteiger partial charge in [0.05, 0.1) is 0 Å². The van der Waals surface area contributed by atoms with E-state index in [4.69, 9.17) is 38.8 Å². The minimum absolute atomic E-state index is 0.245. The molecule has 1 atom stereocenters. The zero-order chi connectivity index (χ0) is 16.6. The highest BCUT2D eigenvalue weighted by Gasteiger charge is 2.38. The molecule has 8 heteroatoms. The molecule has 118 valence electrons. The fraction of sp³-hybridized carbons (Fsp3) is 0.308. The number of halogens is 5. The molecule has 3 nitrogen and oxygen atoms in total. The van der Waals surface area contributed by atoms with Gasteiger partial charge in [0.2, 0.25) is 0 Å².